The van der Waals surface area contributed by atoms with Gasteiger partial charge in [0, 0.05) is 7.05 Å². The summed E-state index contributed by atoms with van der Waals surface area (Å²) in [5.74, 6) is -0.563. The summed E-state index contributed by atoms with van der Waals surface area (Å²) in [6.07, 6.45) is 2.33. The van der Waals surface area contributed by atoms with Crippen LogP contribution in [0, 0.1) is 11.3 Å². The van der Waals surface area contributed by atoms with Gasteiger partial charge in [0.2, 0.25) is 11.8 Å². The van der Waals surface area contributed by atoms with Crippen LogP contribution in [0.2, 0.25) is 0 Å². The molecule has 1 aliphatic heterocycles. The smallest absolute Gasteiger partial charge is 0.277 e. The van der Waals surface area contributed by atoms with Crippen molar-refractivity contribution in [1.82, 2.24) is 10.2 Å². The third kappa shape index (κ3) is 2.33. The van der Waals surface area contributed by atoms with Crippen LogP contribution in [0.5, 0.6) is 0 Å². The van der Waals surface area contributed by atoms with Gasteiger partial charge in [-0.3, -0.25) is 19.8 Å². The van der Waals surface area contributed by atoms with E-state index in [0.29, 0.717) is 12.3 Å². The Balaban J connectivity index is 2.96. The summed E-state index contributed by atoms with van der Waals surface area (Å²) in [5, 5.41) is 2.23. The van der Waals surface area contributed by atoms with Crippen molar-refractivity contribution in [3.05, 3.63) is 0 Å². The average Bonchev–Trinajstić information content (AvgIpc) is 2.31. The summed E-state index contributed by atoms with van der Waals surface area (Å²) in [7, 11) is 1.40. The first-order valence-corrected chi connectivity index (χ1v) is 6.00. The van der Waals surface area contributed by atoms with Gasteiger partial charge in [-0.1, -0.05) is 26.7 Å². The van der Waals surface area contributed by atoms with Gasteiger partial charge in [-0.25, -0.2) is 4.79 Å². The highest BCUT2D eigenvalue weighted by atomic mass is 16.2. The standard InChI is InChI=1S/C12H20N2O3/c1-5-8(6-2)7-12(3)9(15)13-11(17)14(4)10(12)16/h8H,5-7H2,1-4H3,(H,13,15,17). The molecule has 0 aromatic heterocycles. The van der Waals surface area contributed by atoms with Crippen molar-refractivity contribution in [3.63, 3.8) is 0 Å². The minimum absolute atomic E-state index is 0.316. The van der Waals surface area contributed by atoms with E-state index in [1.54, 1.807) is 6.92 Å². The van der Waals surface area contributed by atoms with E-state index >= 15 is 0 Å². The van der Waals surface area contributed by atoms with E-state index in [1.807, 2.05) is 13.8 Å². The number of hydrogen-bond acceptors (Lipinski definition) is 3. The van der Waals surface area contributed by atoms with Crippen LogP contribution >= 0.6 is 0 Å². The first-order chi connectivity index (χ1) is 7.86. The van der Waals surface area contributed by atoms with E-state index in [1.165, 1.54) is 7.05 Å². The maximum absolute atomic E-state index is 12.1. The highest BCUT2D eigenvalue weighted by molar-refractivity contribution is 6.18. The molecule has 1 rings (SSSR count). The van der Waals surface area contributed by atoms with E-state index in [9.17, 15) is 14.4 Å². The molecule has 1 heterocycles. The summed E-state index contributed by atoms with van der Waals surface area (Å²) in [6.45, 7) is 5.70. The zero-order valence-electron chi connectivity index (χ0n) is 10.9. The molecule has 1 saturated heterocycles. The van der Waals surface area contributed by atoms with Crippen LogP contribution in [0.1, 0.15) is 40.0 Å². The largest absolute Gasteiger partial charge is 0.330 e. The third-order valence-electron chi connectivity index (χ3n) is 3.65. The van der Waals surface area contributed by atoms with Gasteiger partial charge in [-0.2, -0.15) is 0 Å². The van der Waals surface area contributed by atoms with E-state index in [0.717, 1.165) is 17.7 Å². The number of barbiturate groups is 1. The topological polar surface area (TPSA) is 66.5 Å². The summed E-state index contributed by atoms with van der Waals surface area (Å²) >= 11 is 0. The Labute approximate surface area is 102 Å². The summed E-state index contributed by atoms with van der Waals surface area (Å²) in [6, 6.07) is -0.637. The van der Waals surface area contributed by atoms with Gasteiger partial charge in [-0.15, -0.1) is 0 Å². The lowest BCUT2D eigenvalue weighted by molar-refractivity contribution is -0.150. The van der Waals surface area contributed by atoms with E-state index in [-0.39, 0.29) is 0 Å². The number of nitrogens with one attached hydrogen (secondary N) is 1. The molecule has 0 aromatic rings. The SMILES string of the molecule is CCC(CC)CC1(C)C(=O)NC(=O)N(C)C1=O. The van der Waals surface area contributed by atoms with Crippen LogP contribution in [0.3, 0.4) is 0 Å². The van der Waals surface area contributed by atoms with Crippen LogP contribution in [0.25, 0.3) is 0 Å². The van der Waals surface area contributed by atoms with Gasteiger partial charge >= 0.3 is 6.03 Å². The van der Waals surface area contributed by atoms with Crippen molar-refractivity contribution in [2.45, 2.75) is 40.0 Å². The summed E-state index contributed by atoms with van der Waals surface area (Å²) in [4.78, 5) is 36.2. The molecule has 0 aromatic carbocycles. The van der Waals surface area contributed by atoms with Crippen LogP contribution < -0.4 is 5.32 Å². The molecule has 1 aliphatic rings. The number of amides is 4. The molecule has 17 heavy (non-hydrogen) atoms. The van der Waals surface area contributed by atoms with Crippen LogP contribution in [0.4, 0.5) is 4.79 Å². The number of imide groups is 2. The third-order valence-corrected chi connectivity index (χ3v) is 3.65. The lowest BCUT2D eigenvalue weighted by Crippen LogP contribution is -2.62. The Morgan fingerprint density at radius 2 is 1.76 bits per heavy atom. The Bertz CT molecular complexity index is 350. The number of urea groups is 1. The Morgan fingerprint density at radius 3 is 2.24 bits per heavy atom. The van der Waals surface area contributed by atoms with E-state index in [4.69, 9.17) is 0 Å². The molecule has 4 amide bonds. The minimum Gasteiger partial charge on any atom is -0.277 e. The molecule has 0 spiro atoms. The fraction of sp³-hybridized carbons (Fsp3) is 0.750. The highest BCUT2D eigenvalue weighted by Crippen LogP contribution is 2.33. The zero-order chi connectivity index (χ0) is 13.2. The maximum Gasteiger partial charge on any atom is 0.330 e. The Kier molecular flexibility index (Phi) is 3.91. The summed E-state index contributed by atoms with van der Waals surface area (Å²) < 4.78 is 0. The molecule has 0 saturated carbocycles. The van der Waals surface area contributed by atoms with Crippen molar-refractivity contribution < 1.29 is 14.4 Å². The lowest BCUT2D eigenvalue weighted by Gasteiger charge is -2.36. The fourth-order valence-corrected chi connectivity index (χ4v) is 2.21. The first kappa shape index (κ1) is 13.7. The highest BCUT2D eigenvalue weighted by Gasteiger charge is 2.49. The molecule has 1 N–H and O–H groups in total. The number of nitrogens with zero attached hydrogens (tertiary/aromatic N) is 1. The molecule has 1 fully saturated rings. The van der Waals surface area contributed by atoms with Gasteiger partial charge in [0.1, 0.15) is 5.41 Å². The molecule has 0 aliphatic carbocycles. The lowest BCUT2D eigenvalue weighted by atomic mass is 9.76. The Hall–Kier alpha value is -1.39. The second-order valence-corrected chi connectivity index (χ2v) is 4.84. The van der Waals surface area contributed by atoms with Gasteiger partial charge in [0.15, 0.2) is 0 Å². The van der Waals surface area contributed by atoms with Gasteiger partial charge < -0.3 is 0 Å². The average molecular weight is 240 g/mol. The molecular weight excluding hydrogens is 220 g/mol. The second kappa shape index (κ2) is 4.85. The molecule has 1 atom stereocenters. The first-order valence-electron chi connectivity index (χ1n) is 6.00. The molecule has 96 valence electrons. The predicted molar refractivity (Wildman–Crippen MR) is 63.1 cm³/mol. The molecular formula is C12H20N2O3. The van der Waals surface area contributed by atoms with Crippen LogP contribution in [-0.2, 0) is 9.59 Å². The predicted octanol–water partition coefficient (Wildman–Crippen LogP) is 1.53. The van der Waals surface area contributed by atoms with Crippen LogP contribution in [0.15, 0.2) is 0 Å². The monoisotopic (exact) mass is 240 g/mol. The molecule has 5 nitrogen and oxygen atoms in total. The Morgan fingerprint density at radius 1 is 1.24 bits per heavy atom. The number of rotatable bonds is 4. The van der Waals surface area contributed by atoms with Crippen LogP contribution in [-0.4, -0.2) is 29.8 Å². The molecule has 0 radical (unpaired) electrons. The van der Waals surface area contributed by atoms with Crippen molar-refractivity contribution in [2.24, 2.45) is 11.3 Å². The van der Waals surface area contributed by atoms with Crippen molar-refractivity contribution in [2.75, 3.05) is 7.05 Å². The number of hydrogen-bond donors (Lipinski definition) is 1. The summed E-state index contributed by atoms with van der Waals surface area (Å²) in [5.41, 5.74) is -1.11. The van der Waals surface area contributed by atoms with Gasteiger partial charge in [0.25, 0.3) is 0 Å². The maximum atomic E-state index is 12.1. The van der Waals surface area contributed by atoms with Crippen molar-refractivity contribution >= 4 is 17.8 Å². The molecule has 5 heteroatoms. The quantitative estimate of drug-likeness (QED) is 0.758. The van der Waals surface area contributed by atoms with E-state index in [2.05, 4.69) is 5.32 Å². The number of carbonyl (C=O) groups excluding carboxylic acids is 3. The number of carbonyl (C=O) groups is 3. The normalized spacial score (nSPS) is 25.5. The second-order valence-electron chi connectivity index (χ2n) is 4.84. The van der Waals surface area contributed by atoms with Gasteiger partial charge in [-0.05, 0) is 19.3 Å². The van der Waals surface area contributed by atoms with Crippen molar-refractivity contribution in [3.8, 4) is 0 Å². The van der Waals surface area contributed by atoms with Crippen molar-refractivity contribution in [1.29, 1.82) is 0 Å². The fourth-order valence-electron chi connectivity index (χ4n) is 2.21. The molecule has 0 bridgehead atoms. The van der Waals surface area contributed by atoms with Gasteiger partial charge in [0.05, 0.1) is 0 Å². The molecule has 1 unspecified atom stereocenters. The minimum atomic E-state index is -1.11. The van der Waals surface area contributed by atoms with E-state index < -0.39 is 23.3 Å². The zero-order valence-corrected chi connectivity index (χ0v) is 10.9.